The molecule has 0 amide bonds. The molecule has 3 aromatic rings. The molecule has 2 aliphatic rings. The van der Waals surface area contributed by atoms with Gasteiger partial charge in [0.2, 0.25) is 0 Å². The zero-order valence-electron chi connectivity index (χ0n) is 15.3. The van der Waals surface area contributed by atoms with E-state index in [0.29, 0.717) is 0 Å². The van der Waals surface area contributed by atoms with Crippen LogP contribution in [0.4, 0.5) is 5.69 Å². The number of rotatable bonds is 2. The predicted molar refractivity (Wildman–Crippen MR) is 112 cm³/mol. The molecule has 1 atom stereocenters. The quantitative estimate of drug-likeness (QED) is 0.467. The predicted octanol–water partition coefficient (Wildman–Crippen LogP) is 3.22. The Morgan fingerprint density at radius 1 is 0.889 bits per heavy atom. The van der Waals surface area contributed by atoms with Gasteiger partial charge in [-0.2, -0.15) is 0 Å². The average Bonchev–Trinajstić information content (AvgIpc) is 3.21. The maximum absolute atomic E-state index is 12.8. The molecule has 0 saturated heterocycles. The van der Waals surface area contributed by atoms with Crippen LogP contribution in [0.5, 0.6) is 0 Å². The molecule has 5 rings (SSSR count). The molecule has 0 bridgehead atoms. The second-order valence-electron chi connectivity index (χ2n) is 7.09. The summed E-state index contributed by atoms with van der Waals surface area (Å²) in [6.07, 6.45) is 2.22. The molecule has 0 radical (unpaired) electrons. The van der Waals surface area contributed by atoms with E-state index >= 15 is 0 Å². The first-order valence-corrected chi connectivity index (χ1v) is 11.5. The van der Waals surface area contributed by atoms with Crippen LogP contribution in [0.15, 0.2) is 72.9 Å². The van der Waals surface area contributed by atoms with Crippen molar-refractivity contribution >= 4 is 34.1 Å². The van der Waals surface area contributed by atoms with Crippen molar-refractivity contribution in [2.75, 3.05) is 18.6 Å². The normalized spacial score (nSPS) is 17.7. The van der Waals surface area contributed by atoms with Gasteiger partial charge in [-0.3, -0.25) is 0 Å². The third-order valence-electron chi connectivity index (χ3n) is 5.33. The van der Waals surface area contributed by atoms with Crippen molar-refractivity contribution in [2.24, 2.45) is 0 Å². The number of fused-ring (bicyclic) bond motifs is 3. The Morgan fingerprint density at radius 2 is 1.63 bits per heavy atom. The fraction of sp³-hybridized carbons (Fsp3) is 0.130. The van der Waals surface area contributed by atoms with E-state index in [1.807, 2.05) is 18.2 Å². The molecule has 0 N–H and O–H groups in total. The Kier molecular flexibility index (Phi) is 3.78. The van der Waals surface area contributed by atoms with Crippen molar-refractivity contribution in [3.63, 3.8) is 0 Å². The van der Waals surface area contributed by atoms with Gasteiger partial charge in [0.05, 0.1) is 0 Å². The van der Waals surface area contributed by atoms with Crippen LogP contribution < -0.4 is 13.8 Å². The summed E-state index contributed by atoms with van der Waals surface area (Å²) in [5, 5.41) is 0. The van der Waals surface area contributed by atoms with Gasteiger partial charge in [0.15, 0.2) is 0 Å². The third kappa shape index (κ3) is 2.56. The minimum absolute atomic E-state index is 0.825. The summed E-state index contributed by atoms with van der Waals surface area (Å²) in [5.41, 5.74) is 7.12. The van der Waals surface area contributed by atoms with E-state index in [2.05, 4.69) is 78.5 Å². The monoisotopic (exact) mass is 420 g/mol. The molecule has 2 heterocycles. The molecule has 4 heteroatoms. The fourth-order valence-corrected chi connectivity index (χ4v) is 6.84. The summed E-state index contributed by atoms with van der Waals surface area (Å²) in [7, 11) is 2.12. The van der Waals surface area contributed by atoms with Crippen LogP contribution in [-0.4, -0.2) is 32.4 Å². The molecule has 0 spiro atoms. The first-order valence-electron chi connectivity index (χ1n) is 9.04. The Labute approximate surface area is 163 Å². The van der Waals surface area contributed by atoms with Crippen LogP contribution in [0.2, 0.25) is 0 Å². The van der Waals surface area contributed by atoms with E-state index < -0.39 is 13.8 Å². The average molecular weight is 419 g/mol. The van der Waals surface area contributed by atoms with Crippen LogP contribution in [0.3, 0.4) is 0 Å². The van der Waals surface area contributed by atoms with Crippen molar-refractivity contribution in [3.8, 4) is 11.1 Å². The zero-order chi connectivity index (χ0) is 18.5. The second kappa shape index (κ2) is 6.19. The summed E-state index contributed by atoms with van der Waals surface area (Å²) >= 11 is -2.13. The van der Waals surface area contributed by atoms with E-state index in [-0.39, 0.29) is 0 Å². The van der Waals surface area contributed by atoms with Gasteiger partial charge in [-0.25, -0.2) is 0 Å². The summed E-state index contributed by atoms with van der Waals surface area (Å²) in [5.74, 6) is 0. The van der Waals surface area contributed by atoms with Crippen LogP contribution in [0.25, 0.3) is 16.8 Å². The van der Waals surface area contributed by atoms with Crippen LogP contribution in [0, 0.1) is 6.92 Å². The third-order valence-corrected chi connectivity index (χ3v) is 8.50. The number of para-hydroxylation sites is 1. The molecule has 27 heavy (non-hydrogen) atoms. The van der Waals surface area contributed by atoms with E-state index in [0.717, 1.165) is 26.7 Å². The summed E-state index contributed by atoms with van der Waals surface area (Å²) < 4.78 is 14.9. The first kappa shape index (κ1) is 16.5. The van der Waals surface area contributed by atoms with Crippen molar-refractivity contribution in [1.29, 1.82) is 0 Å². The van der Waals surface area contributed by atoms with Gasteiger partial charge in [0, 0.05) is 0 Å². The van der Waals surface area contributed by atoms with Crippen LogP contribution in [-0.2, 0) is 3.83 Å². The van der Waals surface area contributed by atoms with Crippen molar-refractivity contribution in [1.82, 2.24) is 4.90 Å². The molecule has 0 fully saturated rings. The number of anilines is 1. The Hall–Kier alpha value is -2.68. The number of hydrogen-bond donors (Lipinski definition) is 0. The van der Waals surface area contributed by atoms with Crippen LogP contribution >= 0.6 is 0 Å². The number of nitrogens with zero attached hydrogens (tertiary/aromatic N) is 2. The minimum atomic E-state index is -2.13. The number of aryl methyl sites for hydroxylation is 1. The molecule has 0 aliphatic carbocycles. The maximum atomic E-state index is 12.8. The zero-order valence-corrected chi connectivity index (χ0v) is 17.1. The van der Waals surface area contributed by atoms with Gasteiger partial charge < -0.3 is 0 Å². The second-order valence-corrected chi connectivity index (χ2v) is 10.1. The van der Waals surface area contributed by atoms with Gasteiger partial charge in [-0.15, -0.1) is 0 Å². The summed E-state index contributed by atoms with van der Waals surface area (Å²) in [6.45, 7) is 2.97. The molecule has 0 aromatic heterocycles. The topological polar surface area (TPSA) is 23.6 Å². The Balaban J connectivity index is 1.58. The van der Waals surface area contributed by atoms with Gasteiger partial charge in [-0.1, -0.05) is 0 Å². The first-order chi connectivity index (χ1) is 13.1. The van der Waals surface area contributed by atoms with E-state index in [9.17, 15) is 3.83 Å². The van der Waals surface area contributed by atoms with Crippen molar-refractivity contribution in [2.45, 2.75) is 6.92 Å². The standard InChI is InChI=1S/C23H20N2OSe/c1-16-7-3-5-9-20(16)25-14-21(24(2)15-25)17-11-12-23-19(13-17)18-8-4-6-10-22(18)27(23)26/h3-14H,15H2,1-2H3. The molecule has 1 unspecified atom stereocenters. The van der Waals surface area contributed by atoms with Crippen molar-refractivity contribution < 1.29 is 3.83 Å². The van der Waals surface area contributed by atoms with Crippen LogP contribution in [0.1, 0.15) is 11.1 Å². The van der Waals surface area contributed by atoms with E-state index in [1.165, 1.54) is 22.5 Å². The molecule has 134 valence electrons. The molecular formula is C23H20N2OSe. The molecule has 0 saturated carbocycles. The fourth-order valence-electron chi connectivity index (χ4n) is 3.95. The van der Waals surface area contributed by atoms with E-state index in [4.69, 9.17) is 0 Å². The number of hydrogen-bond acceptors (Lipinski definition) is 3. The SMILES string of the molecule is Cc1ccccc1N1C=C(c2ccc3c(c2)-c2ccccc2[Se]3=O)N(C)C1. The molecule has 3 nitrogen and oxygen atoms in total. The molecular weight excluding hydrogens is 399 g/mol. The summed E-state index contributed by atoms with van der Waals surface area (Å²) in [6, 6.07) is 23.0. The Bertz CT molecular complexity index is 1120. The van der Waals surface area contributed by atoms with Gasteiger partial charge in [-0.05, 0) is 0 Å². The Morgan fingerprint density at radius 3 is 2.48 bits per heavy atom. The molecule has 2 aliphatic heterocycles. The van der Waals surface area contributed by atoms with Crippen molar-refractivity contribution in [3.05, 3.63) is 84.1 Å². The number of benzene rings is 3. The van der Waals surface area contributed by atoms with Gasteiger partial charge >= 0.3 is 164 Å². The molecule has 3 aromatic carbocycles. The van der Waals surface area contributed by atoms with E-state index in [1.54, 1.807) is 0 Å². The van der Waals surface area contributed by atoms with Gasteiger partial charge in [0.1, 0.15) is 0 Å². The summed E-state index contributed by atoms with van der Waals surface area (Å²) in [4.78, 5) is 4.55. The van der Waals surface area contributed by atoms with Gasteiger partial charge in [0.25, 0.3) is 0 Å².